The molecule has 0 N–H and O–H groups in total. The Morgan fingerprint density at radius 1 is 0.386 bits per heavy atom. The van der Waals surface area contributed by atoms with Gasteiger partial charge in [0.2, 0.25) is 0 Å². The summed E-state index contributed by atoms with van der Waals surface area (Å²) >= 11 is 0. The van der Waals surface area contributed by atoms with Crippen LogP contribution in [0.4, 0.5) is 0 Å². The molecule has 0 aliphatic rings. The van der Waals surface area contributed by atoms with Crippen LogP contribution in [-0.2, 0) is 0 Å². The monoisotopic (exact) mass is 559 g/mol. The Morgan fingerprint density at radius 2 is 0.955 bits per heavy atom. The van der Waals surface area contributed by atoms with Gasteiger partial charge in [0.05, 0.1) is 44.8 Å². The van der Waals surface area contributed by atoms with E-state index in [2.05, 4.69) is 100 Å². The van der Waals surface area contributed by atoms with Crippen LogP contribution in [0.5, 0.6) is 0 Å². The Balaban J connectivity index is 1.34. The summed E-state index contributed by atoms with van der Waals surface area (Å²) in [6.45, 7) is 0. The van der Waals surface area contributed by atoms with E-state index in [0.717, 1.165) is 55.3 Å². The van der Waals surface area contributed by atoms with Crippen LogP contribution in [0.25, 0.3) is 66.1 Å². The maximum Gasteiger partial charge on any atom is 0.101 e. The average molecular weight is 560 g/mol. The van der Waals surface area contributed by atoms with Crippen molar-refractivity contribution in [1.29, 1.82) is 15.8 Å². The fourth-order valence-corrected chi connectivity index (χ4v) is 6.41. The topological polar surface area (TPSA) is 81.2 Å². The van der Waals surface area contributed by atoms with Crippen LogP contribution in [0.2, 0.25) is 0 Å². The van der Waals surface area contributed by atoms with Crippen molar-refractivity contribution in [3.05, 3.63) is 144 Å². The Morgan fingerprint density at radius 3 is 1.66 bits per heavy atom. The summed E-state index contributed by atoms with van der Waals surface area (Å²) in [5.41, 5.74) is 9.66. The Hall–Kier alpha value is -6.61. The van der Waals surface area contributed by atoms with E-state index >= 15 is 0 Å². The Labute approximate surface area is 252 Å². The fraction of sp³-hybridized carbons (Fsp3) is 0. The highest BCUT2D eigenvalue weighted by molar-refractivity contribution is 6.12. The van der Waals surface area contributed by atoms with Gasteiger partial charge in [-0.15, -0.1) is 0 Å². The van der Waals surface area contributed by atoms with Gasteiger partial charge in [-0.05, 0) is 83.9 Å². The number of para-hydroxylation sites is 2. The Kier molecular flexibility index (Phi) is 5.56. The molecule has 8 rings (SSSR count). The molecule has 44 heavy (non-hydrogen) atoms. The SMILES string of the molecule is N#Cc1ccc(-n2c3ccccc3c3ccc(-c4ccc5c(c4)c4ccccc4n5-c4ccc(C#N)c(C#N)c4)cc32)cc1. The lowest BCUT2D eigenvalue weighted by Crippen LogP contribution is -1.96. The predicted molar refractivity (Wildman–Crippen MR) is 175 cm³/mol. The third-order valence-corrected chi connectivity index (χ3v) is 8.44. The first kappa shape index (κ1) is 25.1. The van der Waals surface area contributed by atoms with Crippen LogP contribution in [0.15, 0.2) is 127 Å². The molecule has 0 fully saturated rings. The molecule has 0 atom stereocenters. The summed E-state index contributed by atoms with van der Waals surface area (Å²) in [4.78, 5) is 0. The smallest absolute Gasteiger partial charge is 0.101 e. The number of rotatable bonds is 3. The average Bonchev–Trinajstić information content (AvgIpc) is 3.60. The quantitative estimate of drug-likeness (QED) is 0.216. The van der Waals surface area contributed by atoms with Gasteiger partial charge >= 0.3 is 0 Å². The highest BCUT2D eigenvalue weighted by atomic mass is 15.0. The Bertz CT molecular complexity index is 2580. The van der Waals surface area contributed by atoms with E-state index in [1.165, 1.54) is 10.8 Å². The zero-order valence-corrected chi connectivity index (χ0v) is 23.4. The lowest BCUT2D eigenvalue weighted by molar-refractivity contribution is 1.17. The second kappa shape index (κ2) is 9.74. The standard InChI is InChI=1S/C39H21N5/c40-22-25-9-14-30(15-10-25)43-36-7-3-1-5-32(36)34-17-12-27(21-39(34)43)26-13-18-38-35(20-26)33-6-2-4-8-37(33)44(38)31-16-11-28(23-41)29(19-31)24-42/h1-21H. The number of fused-ring (bicyclic) bond motifs is 6. The van der Waals surface area contributed by atoms with Gasteiger partial charge in [-0.25, -0.2) is 0 Å². The van der Waals surface area contributed by atoms with Gasteiger partial charge in [0.25, 0.3) is 0 Å². The molecule has 0 amide bonds. The maximum atomic E-state index is 9.67. The van der Waals surface area contributed by atoms with E-state index < -0.39 is 0 Å². The third-order valence-electron chi connectivity index (χ3n) is 8.44. The maximum absolute atomic E-state index is 9.67. The first-order chi connectivity index (χ1) is 21.7. The molecule has 0 aliphatic heterocycles. The molecule has 5 nitrogen and oxygen atoms in total. The summed E-state index contributed by atoms with van der Waals surface area (Å²) in [5.74, 6) is 0. The van der Waals surface area contributed by atoms with Crippen LogP contribution in [0.1, 0.15) is 16.7 Å². The molecule has 2 aromatic heterocycles. The lowest BCUT2D eigenvalue weighted by atomic mass is 10.0. The summed E-state index contributed by atoms with van der Waals surface area (Å²) in [7, 11) is 0. The highest BCUT2D eigenvalue weighted by Gasteiger charge is 2.16. The summed E-state index contributed by atoms with van der Waals surface area (Å²) in [6, 6.07) is 49.4. The van der Waals surface area contributed by atoms with Gasteiger partial charge < -0.3 is 9.13 Å². The molecule has 8 aromatic rings. The number of nitriles is 3. The van der Waals surface area contributed by atoms with Crippen LogP contribution in [0.3, 0.4) is 0 Å². The summed E-state index contributed by atoms with van der Waals surface area (Å²) in [6.07, 6.45) is 0. The summed E-state index contributed by atoms with van der Waals surface area (Å²) in [5, 5.41) is 33.0. The lowest BCUT2D eigenvalue weighted by Gasteiger charge is -2.10. The van der Waals surface area contributed by atoms with E-state index in [1.54, 1.807) is 12.1 Å². The van der Waals surface area contributed by atoms with E-state index in [4.69, 9.17) is 0 Å². The van der Waals surface area contributed by atoms with Crippen LogP contribution < -0.4 is 0 Å². The zero-order valence-electron chi connectivity index (χ0n) is 23.4. The van der Waals surface area contributed by atoms with E-state index in [9.17, 15) is 15.8 Å². The minimum atomic E-state index is 0.360. The minimum absolute atomic E-state index is 0.360. The fourth-order valence-electron chi connectivity index (χ4n) is 6.41. The molecule has 0 spiro atoms. The normalized spacial score (nSPS) is 11.1. The van der Waals surface area contributed by atoms with Crippen molar-refractivity contribution in [3.63, 3.8) is 0 Å². The number of aromatic nitrogens is 2. The molecule has 0 radical (unpaired) electrons. The second-order valence-electron chi connectivity index (χ2n) is 10.8. The molecule has 0 unspecified atom stereocenters. The van der Waals surface area contributed by atoms with Crippen molar-refractivity contribution in [2.75, 3.05) is 0 Å². The van der Waals surface area contributed by atoms with Crippen LogP contribution in [-0.4, -0.2) is 9.13 Å². The van der Waals surface area contributed by atoms with E-state index in [-0.39, 0.29) is 0 Å². The van der Waals surface area contributed by atoms with Crippen molar-refractivity contribution in [2.45, 2.75) is 0 Å². The van der Waals surface area contributed by atoms with Crippen LogP contribution >= 0.6 is 0 Å². The molecule has 6 aromatic carbocycles. The molecular formula is C39H21N5. The molecule has 0 bridgehead atoms. The van der Waals surface area contributed by atoms with Gasteiger partial charge in [0.1, 0.15) is 12.1 Å². The van der Waals surface area contributed by atoms with Crippen molar-refractivity contribution in [2.24, 2.45) is 0 Å². The molecule has 5 heteroatoms. The molecule has 202 valence electrons. The third kappa shape index (κ3) is 3.70. The largest absolute Gasteiger partial charge is 0.309 e. The van der Waals surface area contributed by atoms with Crippen molar-refractivity contribution in [3.8, 4) is 40.7 Å². The molecule has 0 saturated heterocycles. The highest BCUT2D eigenvalue weighted by Crippen LogP contribution is 2.38. The van der Waals surface area contributed by atoms with Crippen LogP contribution in [0, 0.1) is 34.0 Å². The summed E-state index contributed by atoms with van der Waals surface area (Å²) < 4.78 is 4.42. The van der Waals surface area contributed by atoms with Gasteiger partial charge in [-0.3, -0.25) is 0 Å². The molecule has 0 saturated carbocycles. The van der Waals surface area contributed by atoms with Gasteiger partial charge in [-0.2, -0.15) is 15.8 Å². The first-order valence-electron chi connectivity index (χ1n) is 14.2. The molecule has 2 heterocycles. The van der Waals surface area contributed by atoms with Gasteiger partial charge in [-0.1, -0.05) is 54.6 Å². The van der Waals surface area contributed by atoms with Crippen molar-refractivity contribution in [1.82, 2.24) is 9.13 Å². The van der Waals surface area contributed by atoms with E-state index in [1.807, 2.05) is 42.5 Å². The number of hydrogen-bond donors (Lipinski definition) is 0. The predicted octanol–water partition coefficient (Wildman–Crippen LogP) is 9.16. The number of benzene rings is 6. The number of hydrogen-bond acceptors (Lipinski definition) is 3. The molecule has 0 aliphatic carbocycles. The first-order valence-corrected chi connectivity index (χ1v) is 14.2. The zero-order chi connectivity index (χ0) is 29.8. The van der Waals surface area contributed by atoms with E-state index in [0.29, 0.717) is 16.7 Å². The number of nitrogens with zero attached hydrogens (tertiary/aromatic N) is 5. The van der Waals surface area contributed by atoms with Gasteiger partial charge in [0.15, 0.2) is 0 Å². The van der Waals surface area contributed by atoms with Crippen molar-refractivity contribution < 1.29 is 0 Å². The second-order valence-corrected chi connectivity index (χ2v) is 10.8. The molecular weight excluding hydrogens is 538 g/mol. The minimum Gasteiger partial charge on any atom is -0.309 e. The van der Waals surface area contributed by atoms with Gasteiger partial charge in [0, 0.05) is 32.9 Å². The van der Waals surface area contributed by atoms with Crippen molar-refractivity contribution >= 4 is 43.6 Å².